The van der Waals surface area contributed by atoms with Gasteiger partial charge in [0.15, 0.2) is 0 Å². The normalized spacial score (nSPS) is 12.0. The summed E-state index contributed by atoms with van der Waals surface area (Å²) in [5, 5.41) is 1.07. The minimum absolute atomic E-state index is 0.175. The number of benzene rings is 3. The van der Waals surface area contributed by atoms with Crippen molar-refractivity contribution in [2.45, 2.75) is 19.3 Å². The lowest BCUT2D eigenvalue weighted by Gasteiger charge is -2.20. The minimum Gasteiger partial charge on any atom is -0.466 e. The molecule has 0 aliphatic rings. The Hall–Kier alpha value is -2.51. The van der Waals surface area contributed by atoms with Crippen molar-refractivity contribution in [2.24, 2.45) is 0 Å². The van der Waals surface area contributed by atoms with Crippen LogP contribution in [0, 0.1) is 3.57 Å². The predicted molar refractivity (Wildman–Crippen MR) is 132 cm³/mol. The Labute approximate surface area is 199 Å². The van der Waals surface area contributed by atoms with Crippen LogP contribution in [0.15, 0.2) is 72.8 Å². The predicted octanol–water partition coefficient (Wildman–Crippen LogP) is 6.44. The van der Waals surface area contributed by atoms with Crippen molar-refractivity contribution in [3.05, 3.63) is 92.8 Å². The molecule has 0 saturated carbocycles. The molecule has 0 aliphatic carbocycles. The first kappa shape index (κ1) is 21.7. The molecular formula is C25H20ClIN2O2. The molecule has 1 atom stereocenters. The quantitative estimate of drug-likeness (QED) is 0.160. The lowest BCUT2D eigenvalue weighted by molar-refractivity contribution is -0.144. The van der Waals surface area contributed by atoms with E-state index in [1.807, 2.05) is 79.7 Å². The van der Waals surface area contributed by atoms with Gasteiger partial charge in [-0.15, -0.1) is 0 Å². The van der Waals surface area contributed by atoms with Gasteiger partial charge in [0, 0.05) is 14.5 Å². The van der Waals surface area contributed by atoms with Gasteiger partial charge < -0.3 is 4.74 Å². The third-order valence-corrected chi connectivity index (χ3v) is 5.92. The zero-order valence-electron chi connectivity index (χ0n) is 16.9. The minimum atomic E-state index is -0.467. The molecule has 3 aromatic carbocycles. The highest BCUT2D eigenvalue weighted by molar-refractivity contribution is 14.1. The molecule has 0 spiro atoms. The summed E-state index contributed by atoms with van der Waals surface area (Å²) in [6, 6.07) is 23.7. The van der Waals surface area contributed by atoms with Crippen LogP contribution < -0.4 is 0 Å². The molecule has 1 heterocycles. The zero-order valence-corrected chi connectivity index (χ0v) is 19.8. The van der Waals surface area contributed by atoms with Crippen LogP contribution in [0.4, 0.5) is 0 Å². The van der Waals surface area contributed by atoms with Crippen molar-refractivity contribution in [3.8, 4) is 11.3 Å². The maximum atomic E-state index is 13.0. The molecule has 4 rings (SSSR count). The number of esters is 1. The molecule has 156 valence electrons. The summed E-state index contributed by atoms with van der Waals surface area (Å²) in [6.07, 6.45) is 0.533. The molecule has 0 bridgehead atoms. The van der Waals surface area contributed by atoms with Crippen LogP contribution in [0.1, 0.15) is 24.0 Å². The summed E-state index contributed by atoms with van der Waals surface area (Å²) in [7, 11) is 0. The average Bonchev–Trinajstić information content (AvgIpc) is 2.78. The maximum Gasteiger partial charge on any atom is 0.313 e. The van der Waals surface area contributed by atoms with Crippen molar-refractivity contribution in [3.63, 3.8) is 0 Å². The van der Waals surface area contributed by atoms with E-state index in [9.17, 15) is 4.79 Å². The van der Waals surface area contributed by atoms with E-state index in [-0.39, 0.29) is 11.3 Å². The number of ether oxygens (including phenoxy) is 1. The van der Waals surface area contributed by atoms with Gasteiger partial charge in [-0.3, -0.25) is 4.79 Å². The van der Waals surface area contributed by atoms with Gasteiger partial charge in [-0.1, -0.05) is 54.6 Å². The van der Waals surface area contributed by atoms with E-state index in [1.165, 1.54) is 0 Å². The van der Waals surface area contributed by atoms with Gasteiger partial charge in [0.05, 0.1) is 23.7 Å². The van der Waals surface area contributed by atoms with Crippen LogP contribution in [0.3, 0.4) is 0 Å². The van der Waals surface area contributed by atoms with E-state index in [1.54, 1.807) is 0 Å². The first-order chi connectivity index (χ1) is 15.1. The summed E-state index contributed by atoms with van der Waals surface area (Å²) >= 11 is 8.54. The maximum absolute atomic E-state index is 13.0. The molecule has 0 fully saturated rings. The largest absolute Gasteiger partial charge is 0.466 e. The SMILES string of the molecule is CCOC(=O)C(Cc1ccccc1)c1ccccc1-c1nc(Cl)nc2ccc(I)cc12. The highest BCUT2D eigenvalue weighted by atomic mass is 127. The van der Waals surface area contributed by atoms with E-state index >= 15 is 0 Å². The molecule has 0 aliphatic heterocycles. The molecule has 0 radical (unpaired) electrons. The fourth-order valence-electron chi connectivity index (χ4n) is 3.71. The van der Waals surface area contributed by atoms with Crippen LogP contribution in [-0.4, -0.2) is 22.5 Å². The average molecular weight is 543 g/mol. The van der Waals surface area contributed by atoms with Crippen LogP contribution in [0.5, 0.6) is 0 Å². The topological polar surface area (TPSA) is 52.1 Å². The summed E-state index contributed by atoms with van der Waals surface area (Å²) in [5.41, 5.74) is 4.26. The Bertz CT molecular complexity index is 1230. The number of halogens is 2. The molecule has 6 heteroatoms. The second-order valence-electron chi connectivity index (χ2n) is 7.08. The number of nitrogens with zero attached hydrogens (tertiary/aromatic N) is 2. The van der Waals surface area contributed by atoms with Gasteiger partial charge in [-0.05, 0) is 76.9 Å². The number of hydrogen-bond donors (Lipinski definition) is 0. The molecule has 1 aromatic heterocycles. The summed E-state index contributed by atoms with van der Waals surface area (Å²) in [5.74, 6) is -0.719. The van der Waals surface area contributed by atoms with Crippen LogP contribution in [0.2, 0.25) is 5.28 Å². The number of fused-ring (bicyclic) bond motifs is 1. The molecule has 4 aromatic rings. The Morgan fingerprint density at radius 1 is 1.03 bits per heavy atom. The molecule has 0 saturated heterocycles. The number of carbonyl (C=O) groups excluding carboxylic acids is 1. The monoisotopic (exact) mass is 542 g/mol. The van der Waals surface area contributed by atoms with Crippen molar-refractivity contribution in [1.29, 1.82) is 0 Å². The first-order valence-corrected chi connectivity index (χ1v) is 11.4. The summed E-state index contributed by atoms with van der Waals surface area (Å²) < 4.78 is 6.52. The molecule has 0 amide bonds. The van der Waals surface area contributed by atoms with Crippen molar-refractivity contribution in [2.75, 3.05) is 6.61 Å². The van der Waals surface area contributed by atoms with Crippen LogP contribution >= 0.6 is 34.2 Å². The third-order valence-electron chi connectivity index (χ3n) is 5.08. The van der Waals surface area contributed by atoms with E-state index in [4.69, 9.17) is 16.3 Å². The van der Waals surface area contributed by atoms with Crippen molar-refractivity contribution >= 4 is 51.1 Å². The second kappa shape index (κ2) is 9.75. The van der Waals surface area contributed by atoms with Gasteiger partial charge in [0.25, 0.3) is 0 Å². The van der Waals surface area contributed by atoms with Crippen LogP contribution in [-0.2, 0) is 16.0 Å². The molecule has 1 unspecified atom stereocenters. The van der Waals surface area contributed by atoms with Crippen molar-refractivity contribution in [1.82, 2.24) is 9.97 Å². The van der Waals surface area contributed by atoms with Gasteiger partial charge in [0.1, 0.15) is 0 Å². The Morgan fingerprint density at radius 3 is 2.55 bits per heavy atom. The lowest BCUT2D eigenvalue weighted by atomic mass is 9.87. The number of hydrogen-bond acceptors (Lipinski definition) is 4. The number of aromatic nitrogens is 2. The van der Waals surface area contributed by atoms with E-state index in [0.717, 1.165) is 31.2 Å². The van der Waals surface area contributed by atoms with E-state index < -0.39 is 5.92 Å². The number of carbonyl (C=O) groups is 1. The van der Waals surface area contributed by atoms with Gasteiger partial charge >= 0.3 is 5.97 Å². The van der Waals surface area contributed by atoms with Gasteiger partial charge in [-0.2, -0.15) is 0 Å². The molecule has 4 nitrogen and oxygen atoms in total. The van der Waals surface area contributed by atoms with Gasteiger partial charge in [-0.25, -0.2) is 9.97 Å². The Balaban J connectivity index is 1.90. The van der Waals surface area contributed by atoms with Crippen LogP contribution in [0.25, 0.3) is 22.2 Å². The van der Waals surface area contributed by atoms with Crippen molar-refractivity contribution < 1.29 is 9.53 Å². The highest BCUT2D eigenvalue weighted by Crippen LogP contribution is 2.35. The molecule has 0 N–H and O–H groups in total. The first-order valence-electron chi connectivity index (χ1n) is 9.99. The standard InChI is InChI=1S/C25H20ClIN2O2/c1-2-31-24(30)20(14-16-8-4-3-5-9-16)18-10-6-7-11-19(18)23-21-15-17(27)12-13-22(21)28-25(26)29-23/h3-13,15,20H,2,14H2,1H3. The summed E-state index contributed by atoms with van der Waals surface area (Å²) in [4.78, 5) is 22.0. The second-order valence-corrected chi connectivity index (χ2v) is 8.67. The summed E-state index contributed by atoms with van der Waals surface area (Å²) in [6.45, 7) is 2.15. The smallest absolute Gasteiger partial charge is 0.313 e. The van der Waals surface area contributed by atoms with E-state index in [2.05, 4.69) is 32.6 Å². The third kappa shape index (κ3) is 4.88. The molecule has 31 heavy (non-hydrogen) atoms. The Morgan fingerprint density at radius 2 is 1.77 bits per heavy atom. The number of rotatable bonds is 6. The fourth-order valence-corrected chi connectivity index (χ4v) is 4.37. The zero-order chi connectivity index (χ0) is 21.8. The fraction of sp³-hybridized carbons (Fsp3) is 0.160. The lowest BCUT2D eigenvalue weighted by Crippen LogP contribution is -2.19. The Kier molecular flexibility index (Phi) is 6.83. The molecular weight excluding hydrogens is 523 g/mol. The van der Waals surface area contributed by atoms with Gasteiger partial charge in [0.2, 0.25) is 5.28 Å². The highest BCUT2D eigenvalue weighted by Gasteiger charge is 2.26. The van der Waals surface area contributed by atoms with E-state index in [0.29, 0.717) is 18.7 Å².